The Labute approximate surface area is 132 Å². The predicted molar refractivity (Wildman–Crippen MR) is 81.7 cm³/mol. The topological polar surface area (TPSA) is 92.7 Å². The van der Waals surface area contributed by atoms with Crippen LogP contribution in [0.15, 0.2) is 27.6 Å². The minimum atomic E-state index is -3.91. The summed E-state index contributed by atoms with van der Waals surface area (Å²) in [5.41, 5.74) is 0.899. The van der Waals surface area contributed by atoms with Gasteiger partial charge in [-0.3, -0.25) is 4.79 Å². The van der Waals surface area contributed by atoms with Crippen LogP contribution in [0.5, 0.6) is 0 Å². The van der Waals surface area contributed by atoms with Crippen molar-refractivity contribution in [2.75, 3.05) is 13.7 Å². The molecule has 0 spiro atoms. The number of rotatable bonds is 8. The Bertz CT molecular complexity index is 603. The zero-order valence-electron chi connectivity index (χ0n) is 11.8. The first-order valence-electron chi connectivity index (χ1n) is 6.28. The lowest BCUT2D eigenvalue weighted by molar-refractivity contribution is -0.139. The monoisotopic (exact) mass is 379 g/mol. The van der Waals surface area contributed by atoms with Gasteiger partial charge in [0.1, 0.15) is 6.04 Å². The molecule has 1 aromatic rings. The zero-order valence-corrected chi connectivity index (χ0v) is 14.2. The fraction of sp³-hybridized carbons (Fsp3) is 0.462. The first-order chi connectivity index (χ1) is 9.77. The number of carboxylic acids is 1. The predicted octanol–water partition coefficient (Wildman–Crippen LogP) is 1.92. The van der Waals surface area contributed by atoms with Crippen LogP contribution >= 0.6 is 15.9 Å². The molecular formula is C13H18BrNO5S. The molecule has 21 heavy (non-hydrogen) atoms. The Balaban J connectivity index is 2.92. The van der Waals surface area contributed by atoms with Crippen LogP contribution in [0, 0.1) is 6.92 Å². The van der Waals surface area contributed by atoms with E-state index < -0.39 is 22.0 Å². The van der Waals surface area contributed by atoms with Gasteiger partial charge in [0, 0.05) is 18.2 Å². The lowest BCUT2D eigenvalue weighted by atomic mass is 10.2. The van der Waals surface area contributed by atoms with Gasteiger partial charge in [0.15, 0.2) is 0 Å². The van der Waals surface area contributed by atoms with Crippen molar-refractivity contribution in [1.82, 2.24) is 4.72 Å². The molecule has 0 radical (unpaired) electrons. The fourth-order valence-electron chi connectivity index (χ4n) is 1.74. The van der Waals surface area contributed by atoms with E-state index in [1.807, 2.05) is 6.92 Å². The number of hydrogen-bond acceptors (Lipinski definition) is 4. The highest BCUT2D eigenvalue weighted by molar-refractivity contribution is 9.10. The van der Waals surface area contributed by atoms with Gasteiger partial charge in [-0.15, -0.1) is 0 Å². The second kappa shape index (κ2) is 7.88. The van der Waals surface area contributed by atoms with Crippen molar-refractivity contribution in [1.29, 1.82) is 0 Å². The summed E-state index contributed by atoms with van der Waals surface area (Å²) >= 11 is 3.19. The van der Waals surface area contributed by atoms with E-state index in [1.54, 1.807) is 12.1 Å². The van der Waals surface area contributed by atoms with Gasteiger partial charge < -0.3 is 9.84 Å². The van der Waals surface area contributed by atoms with E-state index in [0.29, 0.717) is 17.5 Å². The molecule has 0 amide bonds. The van der Waals surface area contributed by atoms with Gasteiger partial charge in [0.2, 0.25) is 10.0 Å². The minimum absolute atomic E-state index is 0.0195. The summed E-state index contributed by atoms with van der Waals surface area (Å²) in [7, 11) is -2.40. The van der Waals surface area contributed by atoms with Crippen LogP contribution < -0.4 is 4.72 Å². The molecule has 1 rings (SSSR count). The third kappa shape index (κ3) is 5.39. The highest BCUT2D eigenvalue weighted by atomic mass is 79.9. The first kappa shape index (κ1) is 18.1. The molecule has 1 atom stereocenters. The van der Waals surface area contributed by atoms with Gasteiger partial charge >= 0.3 is 5.97 Å². The molecule has 0 aliphatic heterocycles. The summed E-state index contributed by atoms with van der Waals surface area (Å²) in [6, 6.07) is 3.57. The van der Waals surface area contributed by atoms with Gasteiger partial charge in [0.05, 0.1) is 4.90 Å². The summed E-state index contributed by atoms with van der Waals surface area (Å²) in [5.74, 6) is -1.21. The van der Waals surface area contributed by atoms with Crippen molar-refractivity contribution in [3.05, 3.63) is 28.2 Å². The Morgan fingerprint density at radius 2 is 2.14 bits per heavy atom. The third-order valence-electron chi connectivity index (χ3n) is 2.81. The Hall–Kier alpha value is -0.960. The number of aryl methyl sites for hydroxylation is 1. The zero-order chi connectivity index (χ0) is 16.0. The van der Waals surface area contributed by atoms with Crippen LogP contribution in [0.2, 0.25) is 0 Å². The Morgan fingerprint density at radius 1 is 1.48 bits per heavy atom. The maximum Gasteiger partial charge on any atom is 0.321 e. The van der Waals surface area contributed by atoms with E-state index in [1.165, 1.54) is 13.2 Å². The number of carbonyl (C=O) groups is 1. The van der Waals surface area contributed by atoms with Gasteiger partial charge in [-0.1, -0.05) is 6.07 Å². The molecule has 0 fully saturated rings. The molecule has 2 N–H and O–H groups in total. The summed E-state index contributed by atoms with van der Waals surface area (Å²) in [4.78, 5) is 11.2. The molecule has 1 aromatic carbocycles. The minimum Gasteiger partial charge on any atom is -0.480 e. The largest absolute Gasteiger partial charge is 0.480 e. The first-order valence-corrected chi connectivity index (χ1v) is 8.56. The third-order valence-corrected chi connectivity index (χ3v) is 5.26. The standard InChI is InChI=1S/C13H18BrNO5S/c1-9-5-6-12(10(14)8-9)21(18,19)15-11(13(16)17)4-3-7-20-2/h5-6,8,11,15H,3-4,7H2,1-2H3,(H,16,17). The lowest BCUT2D eigenvalue weighted by Crippen LogP contribution is -2.40. The van der Waals surface area contributed by atoms with E-state index in [0.717, 1.165) is 5.56 Å². The van der Waals surface area contributed by atoms with Crippen molar-refractivity contribution < 1.29 is 23.1 Å². The summed E-state index contributed by atoms with van der Waals surface area (Å²) < 4.78 is 32.0. The molecule has 0 aliphatic rings. The van der Waals surface area contributed by atoms with Crippen LogP contribution in [-0.2, 0) is 19.6 Å². The maximum absolute atomic E-state index is 12.3. The molecule has 0 heterocycles. The van der Waals surface area contributed by atoms with Gasteiger partial charge in [-0.05, 0) is 53.4 Å². The summed E-state index contributed by atoms with van der Waals surface area (Å²) in [6.45, 7) is 2.21. The molecule has 8 heteroatoms. The summed E-state index contributed by atoms with van der Waals surface area (Å²) in [6.07, 6.45) is 0.608. The van der Waals surface area contributed by atoms with Crippen LogP contribution in [0.25, 0.3) is 0 Å². The smallest absolute Gasteiger partial charge is 0.321 e. The van der Waals surface area contributed by atoms with Crippen LogP contribution in [-0.4, -0.2) is 39.3 Å². The SMILES string of the molecule is COCCCC(NS(=O)(=O)c1ccc(C)cc1Br)C(=O)O. The normalized spacial score (nSPS) is 13.1. The van der Waals surface area contributed by atoms with E-state index in [2.05, 4.69) is 20.7 Å². The van der Waals surface area contributed by atoms with Gasteiger partial charge in [0.25, 0.3) is 0 Å². The quantitative estimate of drug-likeness (QED) is 0.673. The number of carboxylic acid groups (broad SMARTS) is 1. The molecule has 0 saturated carbocycles. The highest BCUT2D eigenvalue weighted by Crippen LogP contribution is 2.23. The van der Waals surface area contributed by atoms with Gasteiger partial charge in [-0.25, -0.2) is 8.42 Å². The summed E-state index contributed by atoms with van der Waals surface area (Å²) in [5, 5.41) is 9.12. The fourth-order valence-corrected chi connectivity index (χ4v) is 4.15. The molecule has 0 saturated heterocycles. The van der Waals surface area contributed by atoms with Crippen molar-refractivity contribution in [2.45, 2.75) is 30.7 Å². The van der Waals surface area contributed by atoms with Gasteiger partial charge in [-0.2, -0.15) is 4.72 Å². The second-order valence-corrected chi connectivity index (χ2v) is 7.12. The van der Waals surface area contributed by atoms with Crippen molar-refractivity contribution in [3.8, 4) is 0 Å². The Morgan fingerprint density at radius 3 is 2.67 bits per heavy atom. The molecule has 118 valence electrons. The van der Waals surface area contributed by atoms with Crippen LogP contribution in [0.3, 0.4) is 0 Å². The number of halogens is 1. The molecule has 1 unspecified atom stereocenters. The average molecular weight is 380 g/mol. The second-order valence-electron chi connectivity index (χ2n) is 4.58. The van der Waals surface area contributed by atoms with Crippen molar-refractivity contribution >= 4 is 31.9 Å². The Kier molecular flexibility index (Phi) is 6.79. The molecule has 0 aromatic heterocycles. The van der Waals surface area contributed by atoms with E-state index in [4.69, 9.17) is 9.84 Å². The van der Waals surface area contributed by atoms with Crippen molar-refractivity contribution in [2.24, 2.45) is 0 Å². The van der Waals surface area contributed by atoms with Crippen molar-refractivity contribution in [3.63, 3.8) is 0 Å². The number of benzene rings is 1. The molecule has 0 aliphatic carbocycles. The van der Waals surface area contributed by atoms with Crippen LogP contribution in [0.1, 0.15) is 18.4 Å². The highest BCUT2D eigenvalue weighted by Gasteiger charge is 2.26. The average Bonchev–Trinajstić information content (AvgIpc) is 2.36. The molecule has 6 nitrogen and oxygen atoms in total. The number of ether oxygens (including phenoxy) is 1. The molecular weight excluding hydrogens is 362 g/mol. The number of nitrogens with one attached hydrogen (secondary N) is 1. The number of methoxy groups -OCH3 is 1. The molecule has 0 bridgehead atoms. The van der Waals surface area contributed by atoms with Crippen LogP contribution in [0.4, 0.5) is 0 Å². The van der Waals surface area contributed by atoms with E-state index in [-0.39, 0.29) is 11.3 Å². The maximum atomic E-state index is 12.3. The number of sulfonamides is 1. The van der Waals surface area contributed by atoms with E-state index in [9.17, 15) is 13.2 Å². The number of aliphatic carboxylic acids is 1. The number of hydrogen-bond donors (Lipinski definition) is 2. The van der Waals surface area contributed by atoms with E-state index >= 15 is 0 Å². The lowest BCUT2D eigenvalue weighted by Gasteiger charge is -2.15.